The van der Waals surface area contributed by atoms with Gasteiger partial charge in [-0.2, -0.15) is 0 Å². The SMILES string of the molecule is COc1ccc(OC)c(Nc2cc(NC(C)C)ncn2)c1. The van der Waals surface area contributed by atoms with Crippen molar-refractivity contribution in [2.24, 2.45) is 0 Å². The van der Waals surface area contributed by atoms with Gasteiger partial charge >= 0.3 is 0 Å². The molecular formula is C15H20N4O2. The molecule has 0 aliphatic rings. The summed E-state index contributed by atoms with van der Waals surface area (Å²) in [5, 5.41) is 6.45. The fraction of sp³-hybridized carbons (Fsp3) is 0.333. The molecule has 0 spiro atoms. The molecule has 2 rings (SSSR count). The average Bonchev–Trinajstić information content (AvgIpc) is 2.47. The average molecular weight is 288 g/mol. The Morgan fingerprint density at radius 2 is 1.76 bits per heavy atom. The van der Waals surface area contributed by atoms with E-state index in [0.717, 1.165) is 17.3 Å². The molecule has 0 bridgehead atoms. The summed E-state index contributed by atoms with van der Waals surface area (Å²) in [4.78, 5) is 8.39. The first-order valence-electron chi connectivity index (χ1n) is 6.70. The molecule has 2 aromatic rings. The highest BCUT2D eigenvalue weighted by Crippen LogP contribution is 2.31. The summed E-state index contributed by atoms with van der Waals surface area (Å²) < 4.78 is 10.6. The Labute approximate surface area is 124 Å². The van der Waals surface area contributed by atoms with Crippen LogP contribution >= 0.6 is 0 Å². The van der Waals surface area contributed by atoms with Gasteiger partial charge in [0.25, 0.3) is 0 Å². The molecule has 6 heteroatoms. The van der Waals surface area contributed by atoms with Crippen molar-refractivity contribution < 1.29 is 9.47 Å². The number of rotatable bonds is 6. The van der Waals surface area contributed by atoms with Crippen molar-refractivity contribution in [2.45, 2.75) is 19.9 Å². The first kappa shape index (κ1) is 14.9. The van der Waals surface area contributed by atoms with Crippen LogP contribution in [-0.4, -0.2) is 30.2 Å². The Morgan fingerprint density at radius 3 is 2.43 bits per heavy atom. The van der Waals surface area contributed by atoms with E-state index in [-0.39, 0.29) is 0 Å². The first-order chi connectivity index (χ1) is 10.1. The molecule has 112 valence electrons. The van der Waals surface area contributed by atoms with E-state index < -0.39 is 0 Å². The van der Waals surface area contributed by atoms with E-state index in [2.05, 4.69) is 34.4 Å². The Morgan fingerprint density at radius 1 is 1.00 bits per heavy atom. The Bertz CT molecular complexity index is 602. The number of anilines is 3. The number of aromatic nitrogens is 2. The molecule has 1 heterocycles. The van der Waals surface area contributed by atoms with Gasteiger partial charge in [0.2, 0.25) is 0 Å². The van der Waals surface area contributed by atoms with Gasteiger partial charge in [-0.25, -0.2) is 9.97 Å². The molecule has 1 aromatic heterocycles. The Kier molecular flexibility index (Phi) is 4.81. The third-order valence-corrected chi connectivity index (χ3v) is 2.77. The lowest BCUT2D eigenvalue weighted by Gasteiger charge is -2.13. The first-order valence-corrected chi connectivity index (χ1v) is 6.70. The van der Waals surface area contributed by atoms with Gasteiger partial charge in [-0.1, -0.05) is 0 Å². The maximum absolute atomic E-state index is 5.33. The van der Waals surface area contributed by atoms with E-state index >= 15 is 0 Å². The van der Waals surface area contributed by atoms with E-state index in [0.29, 0.717) is 17.6 Å². The minimum atomic E-state index is 0.305. The van der Waals surface area contributed by atoms with E-state index in [1.54, 1.807) is 14.2 Å². The van der Waals surface area contributed by atoms with Crippen molar-refractivity contribution in [3.8, 4) is 11.5 Å². The van der Waals surface area contributed by atoms with Gasteiger partial charge in [-0.05, 0) is 26.0 Å². The van der Waals surface area contributed by atoms with Gasteiger partial charge in [-0.15, -0.1) is 0 Å². The molecule has 6 nitrogen and oxygen atoms in total. The third-order valence-electron chi connectivity index (χ3n) is 2.77. The minimum absolute atomic E-state index is 0.305. The highest BCUT2D eigenvalue weighted by atomic mass is 16.5. The second-order valence-electron chi connectivity index (χ2n) is 4.78. The van der Waals surface area contributed by atoms with Crippen molar-refractivity contribution in [3.63, 3.8) is 0 Å². The van der Waals surface area contributed by atoms with Crippen LogP contribution < -0.4 is 20.1 Å². The summed E-state index contributed by atoms with van der Waals surface area (Å²) in [5.74, 6) is 2.91. The van der Waals surface area contributed by atoms with Gasteiger partial charge in [0, 0.05) is 18.2 Å². The van der Waals surface area contributed by atoms with Crippen molar-refractivity contribution >= 4 is 17.3 Å². The van der Waals surface area contributed by atoms with Crippen molar-refractivity contribution in [2.75, 3.05) is 24.9 Å². The molecule has 0 amide bonds. The molecule has 21 heavy (non-hydrogen) atoms. The number of hydrogen-bond donors (Lipinski definition) is 2. The monoisotopic (exact) mass is 288 g/mol. The topological polar surface area (TPSA) is 68.3 Å². The van der Waals surface area contributed by atoms with E-state index in [1.807, 2.05) is 24.3 Å². The van der Waals surface area contributed by atoms with Gasteiger partial charge in [0.05, 0.1) is 19.9 Å². The molecule has 0 radical (unpaired) electrons. The van der Waals surface area contributed by atoms with Gasteiger partial charge in [0.15, 0.2) is 0 Å². The summed E-state index contributed by atoms with van der Waals surface area (Å²) in [7, 11) is 3.25. The summed E-state index contributed by atoms with van der Waals surface area (Å²) in [6.45, 7) is 4.11. The minimum Gasteiger partial charge on any atom is -0.497 e. The third kappa shape index (κ3) is 3.98. The van der Waals surface area contributed by atoms with Gasteiger partial charge in [-0.3, -0.25) is 0 Å². The lowest BCUT2D eigenvalue weighted by atomic mass is 10.2. The number of benzene rings is 1. The molecule has 0 saturated heterocycles. The van der Waals surface area contributed by atoms with Crippen LogP contribution in [0.5, 0.6) is 11.5 Å². The Balaban J connectivity index is 2.24. The number of nitrogens with zero attached hydrogens (tertiary/aromatic N) is 2. The quantitative estimate of drug-likeness (QED) is 0.851. The molecular weight excluding hydrogens is 268 g/mol. The number of hydrogen-bond acceptors (Lipinski definition) is 6. The molecule has 0 aliphatic heterocycles. The number of nitrogens with one attached hydrogen (secondary N) is 2. The fourth-order valence-corrected chi connectivity index (χ4v) is 1.85. The number of ether oxygens (including phenoxy) is 2. The largest absolute Gasteiger partial charge is 0.497 e. The highest BCUT2D eigenvalue weighted by Gasteiger charge is 2.07. The zero-order valence-electron chi connectivity index (χ0n) is 12.7. The molecule has 0 fully saturated rings. The molecule has 0 aliphatic carbocycles. The predicted octanol–water partition coefficient (Wildman–Crippen LogP) is 3.06. The maximum atomic E-state index is 5.33. The van der Waals surface area contributed by atoms with Crippen LogP contribution in [0.1, 0.15) is 13.8 Å². The standard InChI is InChI=1S/C15H20N4O2/c1-10(2)18-14-8-15(17-9-16-14)19-12-7-11(20-3)5-6-13(12)21-4/h5-10H,1-4H3,(H2,16,17,18,19). The van der Waals surface area contributed by atoms with Crippen LogP contribution in [0.15, 0.2) is 30.6 Å². The smallest absolute Gasteiger partial charge is 0.142 e. The second kappa shape index (κ2) is 6.78. The van der Waals surface area contributed by atoms with Crippen molar-refractivity contribution in [1.82, 2.24) is 9.97 Å². The zero-order chi connectivity index (χ0) is 15.2. The fourth-order valence-electron chi connectivity index (χ4n) is 1.85. The number of methoxy groups -OCH3 is 2. The van der Waals surface area contributed by atoms with Crippen LogP contribution in [0.25, 0.3) is 0 Å². The molecule has 0 unspecified atom stereocenters. The van der Waals surface area contributed by atoms with Crippen molar-refractivity contribution in [3.05, 3.63) is 30.6 Å². The lowest BCUT2D eigenvalue weighted by molar-refractivity contribution is 0.405. The predicted molar refractivity (Wildman–Crippen MR) is 83.6 cm³/mol. The van der Waals surface area contributed by atoms with Crippen molar-refractivity contribution in [1.29, 1.82) is 0 Å². The van der Waals surface area contributed by atoms with E-state index in [1.165, 1.54) is 6.33 Å². The summed E-state index contributed by atoms with van der Waals surface area (Å²) in [6, 6.07) is 7.69. The van der Waals surface area contributed by atoms with E-state index in [9.17, 15) is 0 Å². The van der Waals surface area contributed by atoms with Crippen LogP contribution in [0, 0.1) is 0 Å². The maximum Gasteiger partial charge on any atom is 0.142 e. The van der Waals surface area contributed by atoms with Crippen LogP contribution in [0.3, 0.4) is 0 Å². The second-order valence-corrected chi connectivity index (χ2v) is 4.78. The van der Waals surface area contributed by atoms with Crippen LogP contribution in [-0.2, 0) is 0 Å². The molecule has 2 N–H and O–H groups in total. The lowest BCUT2D eigenvalue weighted by Crippen LogP contribution is -2.11. The van der Waals surface area contributed by atoms with Crippen LogP contribution in [0.4, 0.5) is 17.3 Å². The normalized spacial score (nSPS) is 10.3. The van der Waals surface area contributed by atoms with E-state index in [4.69, 9.17) is 9.47 Å². The molecule has 1 aromatic carbocycles. The highest BCUT2D eigenvalue weighted by molar-refractivity contribution is 5.67. The van der Waals surface area contributed by atoms with Crippen LogP contribution in [0.2, 0.25) is 0 Å². The summed E-state index contributed by atoms with van der Waals surface area (Å²) >= 11 is 0. The zero-order valence-corrected chi connectivity index (χ0v) is 12.7. The Hall–Kier alpha value is -2.50. The summed E-state index contributed by atoms with van der Waals surface area (Å²) in [5.41, 5.74) is 0.783. The molecule has 0 saturated carbocycles. The van der Waals surface area contributed by atoms with Gasteiger partial charge in [0.1, 0.15) is 29.5 Å². The van der Waals surface area contributed by atoms with Gasteiger partial charge < -0.3 is 20.1 Å². The summed E-state index contributed by atoms with van der Waals surface area (Å²) in [6.07, 6.45) is 1.51. The molecule has 0 atom stereocenters.